The summed E-state index contributed by atoms with van der Waals surface area (Å²) >= 11 is 11.2. The van der Waals surface area contributed by atoms with E-state index in [2.05, 4.69) is 23.1 Å². The molecule has 1 amide bonds. The summed E-state index contributed by atoms with van der Waals surface area (Å²) in [5.74, 6) is 0.157. The molecular weight excluding hydrogens is 527 g/mol. The van der Waals surface area contributed by atoms with E-state index in [1.807, 2.05) is 62.9 Å². The van der Waals surface area contributed by atoms with Gasteiger partial charge in [-0.3, -0.25) is 14.5 Å². The third kappa shape index (κ3) is 9.79. The highest BCUT2D eigenvalue weighted by Gasteiger charge is 2.22. The molecule has 3 aromatic carbocycles. The molecule has 4 nitrogen and oxygen atoms in total. The average molecular weight is 562 g/mol. The first-order valence-electron chi connectivity index (χ1n) is 12.2. The Kier molecular flexibility index (Phi) is 12.1. The van der Waals surface area contributed by atoms with E-state index in [1.54, 1.807) is 12.1 Å². The lowest BCUT2D eigenvalue weighted by Gasteiger charge is -2.35. The summed E-state index contributed by atoms with van der Waals surface area (Å²) in [6.07, 6.45) is 1.02. The van der Waals surface area contributed by atoms with Gasteiger partial charge in [0.25, 0.3) is 11.1 Å². The van der Waals surface area contributed by atoms with Gasteiger partial charge in [0.2, 0.25) is 0 Å². The summed E-state index contributed by atoms with van der Waals surface area (Å²) in [6, 6.07) is 19.7. The Labute approximate surface area is 237 Å². The molecule has 0 unspecified atom stereocenters. The molecule has 1 heterocycles. The molecule has 1 fully saturated rings. The molecule has 7 heteroatoms. The van der Waals surface area contributed by atoms with Crippen LogP contribution in [0.2, 0.25) is 5.02 Å². The van der Waals surface area contributed by atoms with Crippen LogP contribution in [0.1, 0.15) is 48.5 Å². The minimum Gasteiger partial charge on any atom is -0.336 e. The minimum absolute atomic E-state index is 0. The Bertz CT molecular complexity index is 1160. The van der Waals surface area contributed by atoms with Gasteiger partial charge in [0, 0.05) is 48.9 Å². The highest BCUT2D eigenvalue weighted by Crippen LogP contribution is 2.15. The summed E-state index contributed by atoms with van der Waals surface area (Å²) in [4.78, 5) is 27.8. The molecular formula is C30H35Cl3N2O2. The monoisotopic (exact) mass is 560 g/mol. The van der Waals surface area contributed by atoms with E-state index in [-0.39, 0.29) is 18.3 Å². The van der Waals surface area contributed by atoms with Crippen LogP contribution in [0.15, 0.2) is 60.7 Å². The molecule has 1 aliphatic heterocycles. The second-order valence-electron chi connectivity index (χ2n) is 9.54. The Morgan fingerprint density at radius 3 is 1.65 bits per heavy atom. The van der Waals surface area contributed by atoms with Crippen LogP contribution in [0.4, 0.5) is 0 Å². The molecule has 0 radical (unpaired) electrons. The SMILES string of the molecule is Cc1cc(C)cc(C(=O)Cl)c1.Cc1cc(C)cc(C(=O)N2CCN(CCc3ccc(Cl)cc3)CC2)c1.Cl. The zero-order valence-corrected chi connectivity index (χ0v) is 24.2. The fraction of sp³-hybridized carbons (Fsp3) is 0.333. The number of aryl methyl sites for hydroxylation is 4. The van der Waals surface area contributed by atoms with Crippen molar-refractivity contribution < 1.29 is 9.59 Å². The standard InChI is InChI=1S/C21H25ClN2O.C9H9ClO.ClH/c1-16-13-17(2)15-19(14-16)21(25)24-11-9-23(10-12-24)8-7-18-3-5-20(22)6-4-18;1-6-3-7(2)5-8(4-6)9(10)11;/h3-6,13-15H,7-12H2,1-2H3;3-5H,1-2H3;1H. The van der Waals surface area contributed by atoms with Crippen LogP contribution in [0.5, 0.6) is 0 Å². The van der Waals surface area contributed by atoms with Crippen LogP contribution in [0, 0.1) is 27.7 Å². The number of rotatable bonds is 5. The van der Waals surface area contributed by atoms with Crippen molar-refractivity contribution >= 4 is 46.8 Å². The molecule has 0 saturated carbocycles. The molecule has 0 aromatic heterocycles. The number of hydrogen-bond acceptors (Lipinski definition) is 3. The van der Waals surface area contributed by atoms with Crippen molar-refractivity contribution in [3.8, 4) is 0 Å². The fourth-order valence-corrected chi connectivity index (χ4v) is 4.72. The molecule has 1 aliphatic rings. The summed E-state index contributed by atoms with van der Waals surface area (Å²) in [5, 5.41) is 0.388. The number of amides is 1. The maximum Gasteiger partial charge on any atom is 0.253 e. The number of piperazine rings is 1. The van der Waals surface area contributed by atoms with Gasteiger partial charge in [0.05, 0.1) is 0 Å². The van der Waals surface area contributed by atoms with Gasteiger partial charge in [-0.1, -0.05) is 58.1 Å². The lowest BCUT2D eigenvalue weighted by atomic mass is 10.1. The Morgan fingerprint density at radius 2 is 1.19 bits per heavy atom. The van der Waals surface area contributed by atoms with E-state index in [0.29, 0.717) is 5.56 Å². The van der Waals surface area contributed by atoms with Gasteiger partial charge < -0.3 is 4.90 Å². The second-order valence-corrected chi connectivity index (χ2v) is 10.3. The Morgan fingerprint density at radius 1 is 0.730 bits per heavy atom. The lowest BCUT2D eigenvalue weighted by Crippen LogP contribution is -2.49. The van der Waals surface area contributed by atoms with Crippen molar-refractivity contribution in [2.45, 2.75) is 34.1 Å². The van der Waals surface area contributed by atoms with Crippen LogP contribution >= 0.6 is 35.6 Å². The van der Waals surface area contributed by atoms with Gasteiger partial charge in [0.15, 0.2) is 0 Å². The van der Waals surface area contributed by atoms with E-state index in [1.165, 1.54) is 5.56 Å². The van der Waals surface area contributed by atoms with E-state index in [0.717, 1.165) is 72.0 Å². The molecule has 0 atom stereocenters. The third-order valence-electron chi connectivity index (χ3n) is 6.21. The van der Waals surface area contributed by atoms with Gasteiger partial charge in [-0.15, -0.1) is 12.4 Å². The van der Waals surface area contributed by atoms with Crippen LogP contribution in [-0.4, -0.2) is 53.7 Å². The molecule has 0 N–H and O–H groups in total. The first kappa shape index (κ1) is 30.9. The molecule has 198 valence electrons. The van der Waals surface area contributed by atoms with Crippen molar-refractivity contribution in [2.75, 3.05) is 32.7 Å². The van der Waals surface area contributed by atoms with Gasteiger partial charge in [-0.25, -0.2) is 0 Å². The zero-order valence-electron chi connectivity index (χ0n) is 21.9. The largest absolute Gasteiger partial charge is 0.336 e. The Balaban J connectivity index is 0.000000339. The predicted molar refractivity (Wildman–Crippen MR) is 157 cm³/mol. The maximum atomic E-state index is 12.7. The van der Waals surface area contributed by atoms with Crippen molar-refractivity contribution in [3.05, 3.63) is 105 Å². The highest BCUT2D eigenvalue weighted by molar-refractivity contribution is 6.67. The third-order valence-corrected chi connectivity index (χ3v) is 6.68. The number of benzene rings is 3. The Hall–Kier alpha value is -2.37. The fourth-order valence-electron chi connectivity index (χ4n) is 4.48. The van der Waals surface area contributed by atoms with Gasteiger partial charge in [-0.2, -0.15) is 0 Å². The maximum absolute atomic E-state index is 12.7. The van der Waals surface area contributed by atoms with Gasteiger partial charge >= 0.3 is 0 Å². The summed E-state index contributed by atoms with van der Waals surface area (Å²) in [5.41, 5.74) is 7.10. The van der Waals surface area contributed by atoms with Crippen LogP contribution < -0.4 is 0 Å². The zero-order chi connectivity index (χ0) is 26.2. The highest BCUT2D eigenvalue weighted by atomic mass is 35.5. The summed E-state index contributed by atoms with van der Waals surface area (Å²) < 4.78 is 0. The molecule has 4 rings (SSSR count). The first-order valence-corrected chi connectivity index (χ1v) is 13.0. The normalized spacial score (nSPS) is 13.3. The molecule has 1 saturated heterocycles. The first-order chi connectivity index (χ1) is 17.1. The number of carbonyl (C=O) groups is 2. The van der Waals surface area contributed by atoms with Crippen molar-refractivity contribution in [1.29, 1.82) is 0 Å². The lowest BCUT2D eigenvalue weighted by molar-refractivity contribution is 0.0638. The quantitative estimate of drug-likeness (QED) is 0.313. The molecule has 0 aliphatic carbocycles. The van der Waals surface area contributed by atoms with Crippen molar-refractivity contribution in [3.63, 3.8) is 0 Å². The average Bonchev–Trinajstić information content (AvgIpc) is 2.83. The molecule has 0 spiro atoms. The van der Waals surface area contributed by atoms with E-state index in [9.17, 15) is 9.59 Å². The molecule has 3 aromatic rings. The van der Waals surface area contributed by atoms with Crippen LogP contribution in [-0.2, 0) is 6.42 Å². The molecule has 0 bridgehead atoms. The van der Waals surface area contributed by atoms with Crippen LogP contribution in [0.25, 0.3) is 0 Å². The number of halogens is 3. The van der Waals surface area contributed by atoms with E-state index >= 15 is 0 Å². The number of nitrogens with zero attached hydrogens (tertiary/aromatic N) is 2. The minimum atomic E-state index is -0.392. The molecule has 37 heavy (non-hydrogen) atoms. The van der Waals surface area contributed by atoms with E-state index < -0.39 is 5.24 Å². The number of hydrogen-bond donors (Lipinski definition) is 0. The predicted octanol–water partition coefficient (Wildman–Crippen LogP) is 7.06. The summed E-state index contributed by atoms with van der Waals surface area (Å²) in [6.45, 7) is 12.4. The number of carbonyl (C=O) groups excluding carboxylic acids is 2. The van der Waals surface area contributed by atoms with Crippen molar-refractivity contribution in [2.24, 2.45) is 0 Å². The second kappa shape index (κ2) is 14.5. The van der Waals surface area contributed by atoms with E-state index in [4.69, 9.17) is 23.2 Å². The van der Waals surface area contributed by atoms with Crippen LogP contribution in [0.3, 0.4) is 0 Å². The van der Waals surface area contributed by atoms with Gasteiger partial charge in [-0.05, 0) is 87.7 Å². The van der Waals surface area contributed by atoms with Crippen molar-refractivity contribution in [1.82, 2.24) is 9.80 Å². The smallest absolute Gasteiger partial charge is 0.253 e. The topological polar surface area (TPSA) is 40.6 Å². The summed E-state index contributed by atoms with van der Waals surface area (Å²) in [7, 11) is 0. The van der Waals surface area contributed by atoms with Gasteiger partial charge in [0.1, 0.15) is 0 Å².